The van der Waals surface area contributed by atoms with Crippen molar-refractivity contribution in [1.82, 2.24) is 5.32 Å². The predicted octanol–water partition coefficient (Wildman–Crippen LogP) is 2.28. The maximum Gasteiger partial charge on any atom is 0.0676 e. The quantitative estimate of drug-likeness (QED) is 0.831. The van der Waals surface area contributed by atoms with Crippen LogP contribution in [-0.4, -0.2) is 13.1 Å². The minimum absolute atomic E-state index is 0.121. The van der Waals surface area contributed by atoms with E-state index in [0.29, 0.717) is 5.92 Å². The highest BCUT2D eigenvalue weighted by Gasteiger charge is 2.27. The largest absolute Gasteiger partial charge is 0.315 e. The smallest absolute Gasteiger partial charge is 0.0676 e. The summed E-state index contributed by atoms with van der Waals surface area (Å²) in [6, 6.07) is 10.6. The molecular formula is C11H11BrN2. The molecule has 0 aliphatic carbocycles. The second-order valence-corrected chi connectivity index (χ2v) is 4.47. The minimum atomic E-state index is 0.121. The van der Waals surface area contributed by atoms with Gasteiger partial charge in [-0.25, -0.2) is 0 Å². The third kappa shape index (κ3) is 1.82. The molecule has 1 aliphatic rings. The lowest BCUT2D eigenvalue weighted by Gasteiger charge is -2.12. The van der Waals surface area contributed by atoms with Crippen molar-refractivity contribution in [3.8, 4) is 6.07 Å². The molecule has 1 heterocycles. The first kappa shape index (κ1) is 9.70. The van der Waals surface area contributed by atoms with Crippen molar-refractivity contribution in [2.75, 3.05) is 13.1 Å². The van der Waals surface area contributed by atoms with Gasteiger partial charge in [-0.3, -0.25) is 0 Å². The highest BCUT2D eigenvalue weighted by atomic mass is 79.9. The van der Waals surface area contributed by atoms with Crippen molar-refractivity contribution in [3.05, 3.63) is 34.3 Å². The maximum absolute atomic E-state index is 8.95. The molecule has 1 aromatic carbocycles. The van der Waals surface area contributed by atoms with Crippen LogP contribution < -0.4 is 5.32 Å². The van der Waals surface area contributed by atoms with Crippen molar-refractivity contribution >= 4 is 15.9 Å². The fourth-order valence-electron chi connectivity index (χ4n) is 1.87. The van der Waals surface area contributed by atoms with Gasteiger partial charge in [-0.2, -0.15) is 5.26 Å². The number of hydrogen-bond acceptors (Lipinski definition) is 2. The fourth-order valence-corrected chi connectivity index (χ4v) is 2.14. The highest BCUT2D eigenvalue weighted by Crippen LogP contribution is 2.28. The zero-order valence-electron chi connectivity index (χ0n) is 7.70. The third-order valence-corrected chi connectivity index (χ3v) is 3.21. The minimum Gasteiger partial charge on any atom is -0.315 e. The number of benzene rings is 1. The van der Waals surface area contributed by atoms with E-state index in [-0.39, 0.29) is 5.92 Å². The van der Waals surface area contributed by atoms with Crippen LogP contribution in [0.4, 0.5) is 0 Å². The molecular weight excluding hydrogens is 240 g/mol. The summed E-state index contributed by atoms with van der Waals surface area (Å²) in [5, 5.41) is 12.2. The standard InChI is InChI=1S/C11H11BrN2/c12-10-3-1-8(2-4-10)11-7-14-6-9(11)5-13/h1-4,9,11,14H,6-7H2/t9-,11+/m0/s1. The Kier molecular flexibility index (Phi) is 2.85. The van der Waals surface area contributed by atoms with Gasteiger partial charge in [-0.15, -0.1) is 0 Å². The molecule has 1 fully saturated rings. The number of nitrogens with one attached hydrogen (secondary N) is 1. The third-order valence-electron chi connectivity index (χ3n) is 2.68. The second kappa shape index (κ2) is 4.12. The van der Waals surface area contributed by atoms with Crippen LogP contribution in [0.5, 0.6) is 0 Å². The molecule has 0 bridgehead atoms. The van der Waals surface area contributed by atoms with Gasteiger partial charge in [0.25, 0.3) is 0 Å². The summed E-state index contributed by atoms with van der Waals surface area (Å²) in [4.78, 5) is 0. The van der Waals surface area contributed by atoms with Gasteiger partial charge >= 0.3 is 0 Å². The van der Waals surface area contributed by atoms with Crippen LogP contribution in [0, 0.1) is 17.2 Å². The van der Waals surface area contributed by atoms with E-state index in [1.165, 1.54) is 5.56 Å². The lowest BCUT2D eigenvalue weighted by atomic mass is 9.90. The van der Waals surface area contributed by atoms with Crippen LogP contribution >= 0.6 is 15.9 Å². The summed E-state index contributed by atoms with van der Waals surface area (Å²) >= 11 is 3.41. The Morgan fingerprint density at radius 1 is 1.29 bits per heavy atom. The van der Waals surface area contributed by atoms with Crippen LogP contribution in [0.1, 0.15) is 11.5 Å². The Hall–Kier alpha value is -0.850. The molecule has 72 valence electrons. The van der Waals surface area contributed by atoms with Crippen molar-refractivity contribution < 1.29 is 0 Å². The molecule has 0 radical (unpaired) electrons. The molecule has 0 unspecified atom stereocenters. The predicted molar refractivity (Wildman–Crippen MR) is 58.9 cm³/mol. The van der Waals surface area contributed by atoms with Gasteiger partial charge in [0.05, 0.1) is 12.0 Å². The number of halogens is 1. The van der Waals surface area contributed by atoms with Crippen molar-refractivity contribution in [2.45, 2.75) is 5.92 Å². The van der Waals surface area contributed by atoms with E-state index in [0.717, 1.165) is 17.6 Å². The Labute approximate surface area is 92.1 Å². The number of rotatable bonds is 1. The molecule has 1 saturated heterocycles. The lowest BCUT2D eigenvalue weighted by Crippen LogP contribution is -2.08. The topological polar surface area (TPSA) is 35.8 Å². The first-order chi connectivity index (χ1) is 6.81. The molecule has 0 aromatic heterocycles. The van der Waals surface area contributed by atoms with Crippen LogP contribution in [0.3, 0.4) is 0 Å². The summed E-state index contributed by atoms with van der Waals surface area (Å²) < 4.78 is 1.08. The molecule has 0 amide bonds. The average molecular weight is 251 g/mol. The van der Waals surface area contributed by atoms with Gasteiger partial charge in [0.15, 0.2) is 0 Å². The second-order valence-electron chi connectivity index (χ2n) is 3.55. The fraction of sp³-hybridized carbons (Fsp3) is 0.364. The van der Waals surface area contributed by atoms with Crippen LogP contribution in [-0.2, 0) is 0 Å². The molecule has 1 aliphatic heterocycles. The first-order valence-corrected chi connectivity index (χ1v) is 5.46. The maximum atomic E-state index is 8.95. The summed E-state index contributed by atoms with van der Waals surface area (Å²) in [5.74, 6) is 0.476. The highest BCUT2D eigenvalue weighted by molar-refractivity contribution is 9.10. The van der Waals surface area contributed by atoms with Gasteiger partial charge < -0.3 is 5.32 Å². The normalized spacial score (nSPS) is 26.0. The first-order valence-electron chi connectivity index (χ1n) is 4.67. The molecule has 0 spiro atoms. The van der Waals surface area contributed by atoms with E-state index >= 15 is 0 Å². The molecule has 0 saturated carbocycles. The van der Waals surface area contributed by atoms with E-state index in [4.69, 9.17) is 5.26 Å². The molecule has 2 rings (SSSR count). The summed E-state index contributed by atoms with van der Waals surface area (Å²) in [7, 11) is 0. The van der Waals surface area contributed by atoms with Crippen molar-refractivity contribution in [2.24, 2.45) is 5.92 Å². The van der Waals surface area contributed by atoms with E-state index in [9.17, 15) is 0 Å². The van der Waals surface area contributed by atoms with Gasteiger partial charge in [0, 0.05) is 23.5 Å². The van der Waals surface area contributed by atoms with E-state index in [2.05, 4.69) is 39.4 Å². The van der Waals surface area contributed by atoms with Crippen LogP contribution in [0.25, 0.3) is 0 Å². The molecule has 3 heteroatoms. The zero-order chi connectivity index (χ0) is 9.97. The Balaban J connectivity index is 2.23. The Morgan fingerprint density at radius 2 is 2.00 bits per heavy atom. The van der Waals surface area contributed by atoms with Gasteiger partial charge in [0.1, 0.15) is 0 Å². The van der Waals surface area contributed by atoms with E-state index in [1.54, 1.807) is 0 Å². The Bertz CT molecular complexity index is 353. The number of nitrogens with zero attached hydrogens (tertiary/aromatic N) is 1. The van der Waals surface area contributed by atoms with Crippen molar-refractivity contribution in [1.29, 1.82) is 5.26 Å². The number of nitriles is 1. The van der Waals surface area contributed by atoms with Crippen LogP contribution in [0.2, 0.25) is 0 Å². The molecule has 1 N–H and O–H groups in total. The van der Waals surface area contributed by atoms with E-state index < -0.39 is 0 Å². The molecule has 14 heavy (non-hydrogen) atoms. The zero-order valence-corrected chi connectivity index (χ0v) is 9.29. The van der Waals surface area contributed by atoms with Crippen molar-refractivity contribution in [3.63, 3.8) is 0 Å². The van der Waals surface area contributed by atoms with Gasteiger partial charge in [-0.05, 0) is 17.7 Å². The van der Waals surface area contributed by atoms with Crippen LogP contribution in [0.15, 0.2) is 28.7 Å². The SMILES string of the molecule is N#C[C@H]1CNC[C@@H]1c1ccc(Br)cc1. The molecule has 2 nitrogen and oxygen atoms in total. The summed E-state index contributed by atoms with van der Waals surface area (Å²) in [5.41, 5.74) is 1.25. The summed E-state index contributed by atoms with van der Waals surface area (Å²) in [6.07, 6.45) is 0. The molecule has 2 atom stereocenters. The lowest BCUT2D eigenvalue weighted by molar-refractivity contribution is 0.646. The summed E-state index contributed by atoms with van der Waals surface area (Å²) in [6.45, 7) is 1.73. The van der Waals surface area contributed by atoms with E-state index in [1.807, 2.05) is 12.1 Å². The molecule has 1 aromatic rings. The van der Waals surface area contributed by atoms with Gasteiger partial charge in [-0.1, -0.05) is 28.1 Å². The number of hydrogen-bond donors (Lipinski definition) is 1. The monoisotopic (exact) mass is 250 g/mol. The Morgan fingerprint density at radius 3 is 2.64 bits per heavy atom. The van der Waals surface area contributed by atoms with Gasteiger partial charge in [0.2, 0.25) is 0 Å². The average Bonchev–Trinajstić information content (AvgIpc) is 2.67.